The number of phenols is 1. The molecule has 0 unspecified atom stereocenters. The molecule has 2 rings (SSSR count). The van der Waals surface area contributed by atoms with E-state index in [0.29, 0.717) is 5.76 Å². The molecule has 0 fully saturated rings. The highest BCUT2D eigenvalue weighted by Crippen LogP contribution is 2.31. The maximum absolute atomic E-state index is 12.1. The molecular weight excluding hydrogens is 398 g/mol. The Morgan fingerprint density at radius 3 is 2.29 bits per heavy atom. The number of allylic oxidation sites excluding steroid dienone is 2. The highest BCUT2D eigenvalue weighted by molar-refractivity contribution is 5.99. The first kappa shape index (κ1) is 27.0. The van der Waals surface area contributed by atoms with Crippen LogP contribution >= 0.6 is 0 Å². The third-order valence-corrected chi connectivity index (χ3v) is 3.85. The van der Waals surface area contributed by atoms with E-state index in [1.165, 1.54) is 30.2 Å². The van der Waals surface area contributed by atoms with Gasteiger partial charge in [-0.3, -0.25) is 14.4 Å². The maximum atomic E-state index is 12.1. The molecule has 0 saturated heterocycles. The average Bonchev–Trinajstić information content (AvgIpc) is 2.80. The molecule has 3 N–H and O–H groups in total. The van der Waals surface area contributed by atoms with Crippen LogP contribution in [0.15, 0.2) is 52.3 Å². The summed E-state index contributed by atoms with van der Waals surface area (Å²) in [6, 6.07) is 4.53. The summed E-state index contributed by atoms with van der Waals surface area (Å²) < 4.78 is 5.11. The summed E-state index contributed by atoms with van der Waals surface area (Å²) in [5.74, 6) is -0.177. The molecule has 0 spiro atoms. The molecule has 2 aromatic rings. The molecule has 0 aromatic heterocycles. The number of ether oxygens (including phenoxy) is 1. The fourth-order valence-electron chi connectivity index (χ4n) is 2.38. The van der Waals surface area contributed by atoms with Crippen LogP contribution in [0.25, 0.3) is 0 Å². The number of anilines is 3. The fourth-order valence-corrected chi connectivity index (χ4v) is 2.38. The van der Waals surface area contributed by atoms with E-state index in [1.807, 2.05) is 13.8 Å². The predicted octanol–water partition coefficient (Wildman–Crippen LogP) is 2.84. The van der Waals surface area contributed by atoms with E-state index in [1.54, 1.807) is 26.2 Å². The standard InChI is InChI=1S/C19H21N3O5.C2H6.C2H2/c1-5-7-11(27-4)10-20-14-15(18(25)17(14)24)21-13-9-6-8-12(16(13)23)19(26)22(2)3;2*1-2/h5-9,20-21,23H,1,10H2,2-4H3;1-2H3;1-2H/b11-7-;;. The monoisotopic (exact) mass is 427 g/mol. The van der Waals surface area contributed by atoms with E-state index in [-0.39, 0.29) is 34.9 Å². The van der Waals surface area contributed by atoms with Gasteiger partial charge < -0.3 is 25.4 Å². The Labute approximate surface area is 182 Å². The van der Waals surface area contributed by atoms with Crippen LogP contribution in [0.4, 0.5) is 17.1 Å². The molecule has 8 heteroatoms. The van der Waals surface area contributed by atoms with Crippen LogP contribution in [0.5, 0.6) is 5.75 Å². The van der Waals surface area contributed by atoms with E-state index < -0.39 is 16.8 Å². The Kier molecular flexibility index (Phi) is 11.6. The summed E-state index contributed by atoms with van der Waals surface area (Å²) in [7, 11) is 4.60. The van der Waals surface area contributed by atoms with Crippen LogP contribution in [-0.2, 0) is 4.74 Å². The van der Waals surface area contributed by atoms with Gasteiger partial charge in [0.25, 0.3) is 16.8 Å². The lowest BCUT2D eigenvalue weighted by Crippen LogP contribution is -2.37. The zero-order chi connectivity index (χ0) is 24.1. The molecule has 0 atom stereocenters. The average molecular weight is 428 g/mol. The van der Waals surface area contributed by atoms with E-state index >= 15 is 0 Å². The Morgan fingerprint density at radius 1 is 1.19 bits per heavy atom. The molecule has 0 aliphatic rings. The van der Waals surface area contributed by atoms with Gasteiger partial charge in [-0.1, -0.05) is 32.6 Å². The van der Waals surface area contributed by atoms with Crippen LogP contribution < -0.4 is 21.5 Å². The number of hydrogen-bond donors (Lipinski definition) is 3. The van der Waals surface area contributed by atoms with Gasteiger partial charge >= 0.3 is 0 Å². The molecular formula is C23H29N3O5. The summed E-state index contributed by atoms with van der Waals surface area (Å²) in [6.07, 6.45) is 11.2. The van der Waals surface area contributed by atoms with Gasteiger partial charge in [0.05, 0.1) is 24.9 Å². The molecule has 1 amide bonds. The topological polar surface area (TPSA) is 108 Å². The fraction of sp³-hybridized carbons (Fsp3) is 0.261. The van der Waals surface area contributed by atoms with Crippen molar-refractivity contribution in [2.24, 2.45) is 0 Å². The zero-order valence-corrected chi connectivity index (χ0v) is 18.5. The van der Waals surface area contributed by atoms with Gasteiger partial charge in [0.1, 0.15) is 17.1 Å². The molecule has 0 aliphatic heterocycles. The maximum Gasteiger partial charge on any atom is 0.257 e. The van der Waals surface area contributed by atoms with E-state index in [4.69, 9.17) is 4.74 Å². The van der Waals surface area contributed by atoms with Gasteiger partial charge in [0.15, 0.2) is 5.75 Å². The van der Waals surface area contributed by atoms with Crippen molar-refractivity contribution in [3.63, 3.8) is 0 Å². The Morgan fingerprint density at radius 2 is 1.77 bits per heavy atom. The number of carbonyl (C=O) groups excluding carboxylic acids is 1. The van der Waals surface area contributed by atoms with Crippen molar-refractivity contribution in [1.29, 1.82) is 0 Å². The van der Waals surface area contributed by atoms with Crippen molar-refractivity contribution >= 4 is 23.0 Å². The lowest BCUT2D eigenvalue weighted by atomic mass is 10.1. The van der Waals surface area contributed by atoms with Crippen molar-refractivity contribution in [3.05, 3.63) is 68.7 Å². The number of phenolic OH excluding ortho intramolecular Hbond substituents is 1. The van der Waals surface area contributed by atoms with Crippen molar-refractivity contribution in [2.45, 2.75) is 13.8 Å². The van der Waals surface area contributed by atoms with Crippen LogP contribution in [0, 0.1) is 12.8 Å². The number of nitrogens with one attached hydrogen (secondary N) is 2. The number of amides is 1. The predicted molar refractivity (Wildman–Crippen MR) is 126 cm³/mol. The first-order valence-corrected chi connectivity index (χ1v) is 9.38. The van der Waals surface area contributed by atoms with E-state index in [9.17, 15) is 19.5 Å². The first-order valence-electron chi connectivity index (χ1n) is 9.38. The molecule has 8 nitrogen and oxygen atoms in total. The SMILES string of the molecule is C#C.C=C/C=C(/CNc1c(Nc2cccc(C(=O)N(C)C)c2O)c(=O)c1=O)OC.CC. The third-order valence-electron chi connectivity index (χ3n) is 3.85. The molecule has 166 valence electrons. The minimum Gasteiger partial charge on any atom is -0.505 e. The van der Waals surface area contributed by atoms with Gasteiger partial charge in [-0.2, -0.15) is 0 Å². The van der Waals surface area contributed by atoms with Crippen LogP contribution in [0.1, 0.15) is 24.2 Å². The summed E-state index contributed by atoms with van der Waals surface area (Å²) in [4.78, 5) is 37.2. The molecule has 0 aliphatic carbocycles. The molecule has 31 heavy (non-hydrogen) atoms. The van der Waals surface area contributed by atoms with E-state index in [0.717, 1.165) is 0 Å². The minimum atomic E-state index is -0.715. The Hall–Kier alpha value is -3.99. The smallest absolute Gasteiger partial charge is 0.257 e. The second-order valence-corrected chi connectivity index (χ2v) is 5.86. The summed E-state index contributed by atoms with van der Waals surface area (Å²) in [5.41, 5.74) is -1.07. The number of benzene rings is 1. The van der Waals surface area contributed by atoms with Crippen LogP contribution in [0.2, 0.25) is 0 Å². The quantitative estimate of drug-likeness (QED) is 0.195. The van der Waals surface area contributed by atoms with Gasteiger partial charge in [0, 0.05) is 14.1 Å². The molecule has 0 heterocycles. The van der Waals surface area contributed by atoms with E-state index in [2.05, 4.69) is 30.1 Å². The summed E-state index contributed by atoms with van der Waals surface area (Å²) in [6.45, 7) is 7.74. The lowest BCUT2D eigenvalue weighted by Gasteiger charge is -2.18. The van der Waals surface area contributed by atoms with Gasteiger partial charge in [-0.05, 0) is 18.2 Å². The van der Waals surface area contributed by atoms with Crippen LogP contribution in [-0.4, -0.2) is 43.7 Å². The highest BCUT2D eigenvalue weighted by Gasteiger charge is 2.23. The number of terminal acetylenes is 1. The number of aromatic hydroxyl groups is 1. The zero-order valence-electron chi connectivity index (χ0n) is 18.5. The third kappa shape index (κ3) is 6.51. The largest absolute Gasteiger partial charge is 0.505 e. The number of methoxy groups -OCH3 is 1. The second-order valence-electron chi connectivity index (χ2n) is 5.86. The lowest BCUT2D eigenvalue weighted by molar-refractivity contribution is 0.0824. The summed E-state index contributed by atoms with van der Waals surface area (Å²) in [5, 5.41) is 15.9. The normalized spacial score (nSPS) is 9.97. The Bertz CT molecular complexity index is 1010. The molecule has 2 aromatic carbocycles. The Balaban J connectivity index is 0.00000212. The second kappa shape index (κ2) is 13.3. The highest BCUT2D eigenvalue weighted by atomic mass is 16.5. The van der Waals surface area contributed by atoms with Crippen molar-refractivity contribution in [3.8, 4) is 18.6 Å². The number of para-hydroxylation sites is 1. The van der Waals surface area contributed by atoms with Gasteiger partial charge in [0.2, 0.25) is 0 Å². The minimum absolute atomic E-state index is 0.0128. The number of nitrogens with zero attached hydrogens (tertiary/aromatic N) is 1. The van der Waals surface area contributed by atoms with Gasteiger partial charge in [-0.25, -0.2) is 0 Å². The molecule has 0 bridgehead atoms. The number of carbonyl (C=O) groups is 1. The summed E-state index contributed by atoms with van der Waals surface area (Å²) >= 11 is 0. The van der Waals surface area contributed by atoms with Crippen molar-refractivity contribution in [1.82, 2.24) is 4.90 Å². The number of rotatable bonds is 8. The van der Waals surface area contributed by atoms with Crippen LogP contribution in [0.3, 0.4) is 0 Å². The number of hydrogen-bond acceptors (Lipinski definition) is 7. The van der Waals surface area contributed by atoms with Crippen molar-refractivity contribution < 1.29 is 14.6 Å². The van der Waals surface area contributed by atoms with Gasteiger partial charge in [-0.15, -0.1) is 12.8 Å². The molecule has 0 radical (unpaired) electrons. The molecule has 0 saturated carbocycles. The van der Waals surface area contributed by atoms with Crippen molar-refractivity contribution in [2.75, 3.05) is 38.4 Å². The first-order chi connectivity index (χ1) is 14.8.